The molecule has 2 atom stereocenters. The van der Waals surface area contributed by atoms with Crippen molar-refractivity contribution in [3.63, 3.8) is 0 Å². The SMILES string of the molecule is CC1CN(S(=O)(=O)CCOc2cccc(N)c2)CC1C. The first kappa shape index (κ1) is 15.1. The molecular formula is C14H22N2O3S. The fourth-order valence-corrected chi connectivity index (χ4v) is 3.78. The molecule has 1 heterocycles. The van der Waals surface area contributed by atoms with Crippen LogP contribution in [0.1, 0.15) is 13.8 Å². The number of hydrogen-bond acceptors (Lipinski definition) is 4. The zero-order valence-corrected chi connectivity index (χ0v) is 12.8. The van der Waals surface area contributed by atoms with Gasteiger partial charge in [-0.15, -0.1) is 0 Å². The van der Waals surface area contributed by atoms with Crippen LogP contribution in [0.4, 0.5) is 5.69 Å². The van der Waals surface area contributed by atoms with E-state index >= 15 is 0 Å². The summed E-state index contributed by atoms with van der Waals surface area (Å²) < 4.78 is 31.4. The third kappa shape index (κ3) is 3.64. The summed E-state index contributed by atoms with van der Waals surface area (Å²) in [6, 6.07) is 7.00. The topological polar surface area (TPSA) is 72.6 Å². The highest BCUT2D eigenvalue weighted by atomic mass is 32.2. The van der Waals surface area contributed by atoms with Crippen molar-refractivity contribution in [3.05, 3.63) is 24.3 Å². The van der Waals surface area contributed by atoms with Crippen LogP contribution in [0.25, 0.3) is 0 Å². The second kappa shape index (κ2) is 6.01. The van der Waals surface area contributed by atoms with Crippen LogP contribution in [-0.4, -0.2) is 38.2 Å². The van der Waals surface area contributed by atoms with Crippen molar-refractivity contribution in [2.45, 2.75) is 13.8 Å². The van der Waals surface area contributed by atoms with Crippen molar-refractivity contribution in [3.8, 4) is 5.75 Å². The van der Waals surface area contributed by atoms with Gasteiger partial charge in [-0.25, -0.2) is 12.7 Å². The summed E-state index contributed by atoms with van der Waals surface area (Å²) in [6.45, 7) is 5.54. The molecule has 20 heavy (non-hydrogen) atoms. The molecule has 0 aromatic heterocycles. The van der Waals surface area contributed by atoms with E-state index in [4.69, 9.17) is 10.5 Å². The normalized spacial score (nSPS) is 23.9. The predicted octanol–water partition coefficient (Wildman–Crippen LogP) is 1.57. The largest absolute Gasteiger partial charge is 0.492 e. The first-order chi connectivity index (χ1) is 9.38. The smallest absolute Gasteiger partial charge is 0.217 e. The van der Waals surface area contributed by atoms with Gasteiger partial charge in [-0.2, -0.15) is 0 Å². The molecule has 2 unspecified atom stereocenters. The Balaban J connectivity index is 1.87. The minimum atomic E-state index is -3.23. The average molecular weight is 298 g/mol. The van der Waals surface area contributed by atoms with Crippen LogP contribution in [0.5, 0.6) is 5.75 Å². The molecule has 1 aliphatic heterocycles. The van der Waals surface area contributed by atoms with Crippen LogP contribution < -0.4 is 10.5 Å². The quantitative estimate of drug-likeness (QED) is 0.837. The number of benzene rings is 1. The number of hydrogen-bond donors (Lipinski definition) is 1. The van der Waals surface area contributed by atoms with Gasteiger partial charge in [0, 0.05) is 24.8 Å². The molecule has 0 aliphatic carbocycles. The molecule has 0 bridgehead atoms. The van der Waals surface area contributed by atoms with Crippen LogP contribution in [0.3, 0.4) is 0 Å². The summed E-state index contributed by atoms with van der Waals surface area (Å²) in [5.74, 6) is 1.43. The third-order valence-electron chi connectivity index (χ3n) is 3.82. The molecule has 5 nitrogen and oxygen atoms in total. The Kier molecular flexibility index (Phi) is 4.55. The Labute approximate surface area is 120 Å². The highest BCUT2D eigenvalue weighted by Crippen LogP contribution is 2.24. The lowest BCUT2D eigenvalue weighted by Gasteiger charge is -2.16. The Hall–Kier alpha value is -1.27. The lowest BCUT2D eigenvalue weighted by atomic mass is 10.0. The molecule has 112 valence electrons. The van der Waals surface area contributed by atoms with E-state index in [1.54, 1.807) is 28.6 Å². The number of anilines is 1. The zero-order chi connectivity index (χ0) is 14.8. The van der Waals surface area contributed by atoms with Gasteiger partial charge < -0.3 is 10.5 Å². The van der Waals surface area contributed by atoms with Gasteiger partial charge in [-0.1, -0.05) is 19.9 Å². The van der Waals surface area contributed by atoms with Crippen LogP contribution in [0.15, 0.2) is 24.3 Å². The first-order valence-corrected chi connectivity index (χ1v) is 8.45. The standard InChI is InChI=1S/C14H22N2O3S/c1-11-9-16(10-12(11)2)20(17,18)7-6-19-14-5-3-4-13(15)8-14/h3-5,8,11-12H,6-7,9-10,15H2,1-2H3. The van der Waals surface area contributed by atoms with Crippen molar-refractivity contribution in [1.29, 1.82) is 0 Å². The molecule has 2 N–H and O–H groups in total. The van der Waals surface area contributed by atoms with Gasteiger partial charge in [0.05, 0.1) is 5.75 Å². The van der Waals surface area contributed by atoms with Crippen LogP contribution in [0.2, 0.25) is 0 Å². The second-order valence-corrected chi connectivity index (χ2v) is 7.60. The molecule has 1 aromatic rings. The molecule has 0 spiro atoms. The minimum Gasteiger partial charge on any atom is -0.492 e. The van der Waals surface area contributed by atoms with Crippen LogP contribution in [0, 0.1) is 11.8 Å². The van der Waals surface area contributed by atoms with Gasteiger partial charge in [-0.3, -0.25) is 0 Å². The van der Waals surface area contributed by atoms with E-state index in [1.165, 1.54) is 0 Å². The molecule has 1 aliphatic rings. The Morgan fingerprint density at radius 1 is 1.30 bits per heavy atom. The van der Waals surface area contributed by atoms with Gasteiger partial charge in [0.1, 0.15) is 12.4 Å². The molecule has 1 saturated heterocycles. The number of sulfonamides is 1. The van der Waals surface area contributed by atoms with E-state index in [-0.39, 0.29) is 12.4 Å². The summed E-state index contributed by atoms with van der Waals surface area (Å²) in [7, 11) is -3.23. The molecular weight excluding hydrogens is 276 g/mol. The second-order valence-electron chi connectivity index (χ2n) is 5.51. The van der Waals surface area contributed by atoms with Gasteiger partial charge in [0.15, 0.2) is 0 Å². The highest BCUT2D eigenvalue weighted by Gasteiger charge is 2.33. The van der Waals surface area contributed by atoms with E-state index in [2.05, 4.69) is 13.8 Å². The number of nitrogen functional groups attached to an aromatic ring is 1. The minimum absolute atomic E-state index is 0.00123. The fourth-order valence-electron chi connectivity index (χ4n) is 2.30. The van der Waals surface area contributed by atoms with E-state index < -0.39 is 10.0 Å². The molecule has 6 heteroatoms. The van der Waals surface area contributed by atoms with Crippen molar-refractivity contribution in [1.82, 2.24) is 4.31 Å². The Bertz CT molecular complexity index is 549. The number of nitrogens with zero attached hydrogens (tertiary/aromatic N) is 1. The van der Waals surface area contributed by atoms with Gasteiger partial charge in [0.25, 0.3) is 0 Å². The molecule has 1 fully saturated rings. The van der Waals surface area contributed by atoms with Gasteiger partial charge >= 0.3 is 0 Å². The highest BCUT2D eigenvalue weighted by molar-refractivity contribution is 7.89. The van der Waals surface area contributed by atoms with Crippen molar-refractivity contribution < 1.29 is 13.2 Å². The lowest BCUT2D eigenvalue weighted by Crippen LogP contribution is -2.33. The van der Waals surface area contributed by atoms with Gasteiger partial charge in [-0.05, 0) is 24.0 Å². The Morgan fingerprint density at radius 3 is 2.55 bits per heavy atom. The summed E-state index contributed by atoms with van der Waals surface area (Å²) >= 11 is 0. The van der Waals surface area contributed by atoms with Crippen LogP contribution >= 0.6 is 0 Å². The van der Waals surface area contributed by atoms with Gasteiger partial charge in [0.2, 0.25) is 10.0 Å². The van der Waals surface area contributed by atoms with Crippen molar-refractivity contribution >= 4 is 15.7 Å². The molecule has 0 amide bonds. The molecule has 0 radical (unpaired) electrons. The molecule has 2 rings (SSSR count). The molecule has 0 saturated carbocycles. The maximum absolute atomic E-state index is 12.2. The lowest BCUT2D eigenvalue weighted by molar-refractivity contribution is 0.336. The molecule has 1 aromatic carbocycles. The summed E-state index contributed by atoms with van der Waals surface area (Å²) in [5, 5.41) is 0. The zero-order valence-electron chi connectivity index (χ0n) is 12.0. The van der Waals surface area contributed by atoms with E-state index in [0.29, 0.717) is 36.4 Å². The summed E-state index contributed by atoms with van der Waals surface area (Å²) in [5.41, 5.74) is 6.24. The van der Waals surface area contributed by atoms with Crippen LogP contribution in [-0.2, 0) is 10.0 Å². The van der Waals surface area contributed by atoms with Crippen molar-refractivity contribution in [2.75, 3.05) is 31.2 Å². The number of nitrogens with two attached hydrogens (primary N) is 1. The maximum atomic E-state index is 12.2. The first-order valence-electron chi connectivity index (χ1n) is 6.84. The summed E-state index contributed by atoms with van der Waals surface area (Å²) in [6.07, 6.45) is 0. The van der Waals surface area contributed by atoms with E-state index in [9.17, 15) is 8.42 Å². The van der Waals surface area contributed by atoms with E-state index in [1.807, 2.05) is 0 Å². The van der Waals surface area contributed by atoms with Crippen molar-refractivity contribution in [2.24, 2.45) is 11.8 Å². The number of ether oxygens (including phenoxy) is 1. The third-order valence-corrected chi connectivity index (χ3v) is 5.58. The maximum Gasteiger partial charge on any atom is 0.217 e. The monoisotopic (exact) mass is 298 g/mol. The van der Waals surface area contributed by atoms with E-state index in [0.717, 1.165) is 0 Å². The summed E-state index contributed by atoms with van der Waals surface area (Å²) in [4.78, 5) is 0. The average Bonchev–Trinajstić information content (AvgIpc) is 2.70. The predicted molar refractivity (Wildman–Crippen MR) is 80.0 cm³/mol. The fraction of sp³-hybridized carbons (Fsp3) is 0.571. The number of rotatable bonds is 5. The Morgan fingerprint density at radius 2 is 1.95 bits per heavy atom.